The summed E-state index contributed by atoms with van der Waals surface area (Å²) in [4.78, 5) is 4.53. The molecule has 0 fully saturated rings. The quantitative estimate of drug-likeness (QED) is 0.850. The van der Waals surface area contributed by atoms with Gasteiger partial charge in [0.1, 0.15) is 0 Å². The van der Waals surface area contributed by atoms with Crippen molar-refractivity contribution < 1.29 is 4.74 Å². The first-order chi connectivity index (χ1) is 7.47. The Bertz CT molecular complexity index is 318. The van der Waals surface area contributed by atoms with Gasteiger partial charge in [0, 0.05) is 18.0 Å². The topological polar surface area (TPSA) is 34.1 Å². The van der Waals surface area contributed by atoms with Gasteiger partial charge in [-0.1, -0.05) is 20.8 Å². The fourth-order valence-corrected chi connectivity index (χ4v) is 1.47. The van der Waals surface area contributed by atoms with Crippen LogP contribution in [0.2, 0.25) is 0 Å². The summed E-state index contributed by atoms with van der Waals surface area (Å²) < 4.78 is 5.49. The van der Waals surface area contributed by atoms with Crippen LogP contribution >= 0.6 is 0 Å². The maximum absolute atomic E-state index is 5.49. The van der Waals surface area contributed by atoms with Crippen LogP contribution in [-0.4, -0.2) is 18.6 Å². The average Bonchev–Trinajstić information content (AvgIpc) is 2.17. The van der Waals surface area contributed by atoms with E-state index in [1.54, 1.807) is 0 Å². The first-order valence-corrected chi connectivity index (χ1v) is 5.76. The van der Waals surface area contributed by atoms with Crippen molar-refractivity contribution in [1.82, 2.24) is 10.3 Å². The lowest BCUT2D eigenvalue weighted by Crippen LogP contribution is -2.16. The summed E-state index contributed by atoms with van der Waals surface area (Å²) in [6.45, 7) is 9.95. The van der Waals surface area contributed by atoms with Crippen molar-refractivity contribution in [2.24, 2.45) is 0 Å². The van der Waals surface area contributed by atoms with Crippen molar-refractivity contribution in [3.05, 3.63) is 23.4 Å². The number of rotatable bonds is 4. The fraction of sp³-hybridized carbons (Fsp3) is 0.615. The van der Waals surface area contributed by atoms with Crippen LogP contribution in [0.5, 0.6) is 5.88 Å². The second-order valence-electron chi connectivity index (χ2n) is 4.91. The highest BCUT2D eigenvalue weighted by Gasteiger charge is 2.17. The molecule has 1 N–H and O–H groups in total. The van der Waals surface area contributed by atoms with Crippen molar-refractivity contribution in [3.63, 3.8) is 0 Å². The van der Waals surface area contributed by atoms with Crippen LogP contribution in [0.25, 0.3) is 0 Å². The zero-order valence-electron chi connectivity index (χ0n) is 10.9. The van der Waals surface area contributed by atoms with Crippen LogP contribution in [0.4, 0.5) is 0 Å². The molecule has 0 radical (unpaired) electrons. The maximum Gasteiger partial charge on any atom is 0.213 e. The molecule has 0 spiro atoms. The molecule has 0 aromatic carbocycles. The number of pyridine rings is 1. The van der Waals surface area contributed by atoms with Gasteiger partial charge in [-0.15, -0.1) is 0 Å². The van der Waals surface area contributed by atoms with Crippen molar-refractivity contribution >= 4 is 0 Å². The zero-order chi connectivity index (χ0) is 12.2. The number of nitrogens with zero attached hydrogens (tertiary/aromatic N) is 1. The molecule has 0 amide bonds. The van der Waals surface area contributed by atoms with Crippen LogP contribution in [0.15, 0.2) is 12.1 Å². The largest absolute Gasteiger partial charge is 0.478 e. The first kappa shape index (κ1) is 13.0. The molecule has 0 aliphatic carbocycles. The van der Waals surface area contributed by atoms with E-state index in [0.29, 0.717) is 6.61 Å². The van der Waals surface area contributed by atoms with Crippen molar-refractivity contribution in [2.75, 3.05) is 13.7 Å². The van der Waals surface area contributed by atoms with E-state index in [2.05, 4.69) is 37.1 Å². The number of nitrogens with one attached hydrogen (secondary N) is 1. The van der Waals surface area contributed by atoms with Gasteiger partial charge < -0.3 is 10.1 Å². The minimum Gasteiger partial charge on any atom is -0.478 e. The van der Waals surface area contributed by atoms with E-state index >= 15 is 0 Å². The highest BCUT2D eigenvalue weighted by Crippen LogP contribution is 2.24. The molecule has 1 heterocycles. The first-order valence-electron chi connectivity index (χ1n) is 5.76. The summed E-state index contributed by atoms with van der Waals surface area (Å²) >= 11 is 0. The van der Waals surface area contributed by atoms with Gasteiger partial charge in [-0.05, 0) is 25.6 Å². The van der Waals surface area contributed by atoms with Crippen molar-refractivity contribution in [3.8, 4) is 5.88 Å². The molecule has 0 aliphatic rings. The Kier molecular flexibility index (Phi) is 4.30. The summed E-state index contributed by atoms with van der Waals surface area (Å²) in [5, 5.41) is 3.15. The highest BCUT2D eigenvalue weighted by molar-refractivity contribution is 5.28. The summed E-state index contributed by atoms with van der Waals surface area (Å²) in [5.74, 6) is 0.722. The molecule has 0 aliphatic heterocycles. The van der Waals surface area contributed by atoms with Gasteiger partial charge in [0.2, 0.25) is 5.88 Å². The van der Waals surface area contributed by atoms with Crippen LogP contribution in [0, 0.1) is 0 Å². The van der Waals surface area contributed by atoms with Gasteiger partial charge in [-0.25, -0.2) is 4.98 Å². The van der Waals surface area contributed by atoms with Gasteiger partial charge in [0.15, 0.2) is 0 Å². The summed E-state index contributed by atoms with van der Waals surface area (Å²) in [5.41, 5.74) is 2.34. The molecule has 0 saturated heterocycles. The van der Waals surface area contributed by atoms with Crippen LogP contribution in [-0.2, 0) is 12.0 Å². The Morgan fingerprint density at radius 3 is 2.50 bits per heavy atom. The summed E-state index contributed by atoms with van der Waals surface area (Å²) in [6, 6.07) is 4.13. The average molecular weight is 222 g/mol. The third kappa shape index (κ3) is 3.49. The van der Waals surface area contributed by atoms with Gasteiger partial charge in [-0.3, -0.25) is 0 Å². The number of aromatic nitrogens is 1. The number of hydrogen-bond donors (Lipinski definition) is 1. The molecule has 1 aromatic heterocycles. The molecular weight excluding hydrogens is 200 g/mol. The van der Waals surface area contributed by atoms with E-state index in [1.807, 2.05) is 20.0 Å². The van der Waals surface area contributed by atoms with E-state index in [0.717, 1.165) is 18.1 Å². The Labute approximate surface area is 98.2 Å². The normalized spacial score (nSPS) is 11.6. The molecule has 1 aromatic rings. The second-order valence-corrected chi connectivity index (χ2v) is 4.91. The summed E-state index contributed by atoms with van der Waals surface area (Å²) in [6.07, 6.45) is 0. The lowest BCUT2D eigenvalue weighted by molar-refractivity contribution is 0.323. The minimum atomic E-state index is 0.0512. The molecular formula is C13H22N2O. The number of hydrogen-bond acceptors (Lipinski definition) is 3. The Hall–Kier alpha value is -1.09. The Morgan fingerprint density at radius 1 is 1.31 bits per heavy atom. The lowest BCUT2D eigenvalue weighted by Gasteiger charge is -2.19. The van der Waals surface area contributed by atoms with Crippen molar-refractivity contribution in [2.45, 2.75) is 39.7 Å². The predicted octanol–water partition coefficient (Wildman–Crippen LogP) is 2.50. The monoisotopic (exact) mass is 222 g/mol. The predicted molar refractivity (Wildman–Crippen MR) is 66.9 cm³/mol. The van der Waals surface area contributed by atoms with E-state index < -0.39 is 0 Å². The van der Waals surface area contributed by atoms with Crippen LogP contribution in [0.1, 0.15) is 39.0 Å². The standard InChI is InChI=1S/C13H22N2O/c1-6-16-12-8-10(9-14-5)7-11(15-12)13(2,3)4/h7-8,14H,6,9H2,1-5H3. The van der Waals surface area contributed by atoms with E-state index in [1.165, 1.54) is 5.56 Å². The molecule has 0 atom stereocenters. The van der Waals surface area contributed by atoms with Gasteiger partial charge in [0.25, 0.3) is 0 Å². The molecule has 1 rings (SSSR count). The second kappa shape index (κ2) is 5.30. The molecule has 90 valence electrons. The highest BCUT2D eigenvalue weighted by atomic mass is 16.5. The van der Waals surface area contributed by atoms with E-state index in [9.17, 15) is 0 Å². The van der Waals surface area contributed by atoms with Crippen LogP contribution in [0.3, 0.4) is 0 Å². The summed E-state index contributed by atoms with van der Waals surface area (Å²) in [7, 11) is 1.94. The Morgan fingerprint density at radius 2 is 2.00 bits per heavy atom. The molecule has 3 heteroatoms. The fourth-order valence-electron chi connectivity index (χ4n) is 1.47. The lowest BCUT2D eigenvalue weighted by atomic mass is 9.91. The SMILES string of the molecule is CCOc1cc(CNC)cc(C(C)(C)C)n1. The Balaban J connectivity index is 3.08. The maximum atomic E-state index is 5.49. The van der Waals surface area contributed by atoms with Crippen LogP contribution < -0.4 is 10.1 Å². The van der Waals surface area contributed by atoms with Gasteiger partial charge in [-0.2, -0.15) is 0 Å². The third-order valence-electron chi connectivity index (χ3n) is 2.30. The van der Waals surface area contributed by atoms with E-state index in [-0.39, 0.29) is 5.41 Å². The molecule has 0 saturated carbocycles. The third-order valence-corrected chi connectivity index (χ3v) is 2.30. The minimum absolute atomic E-state index is 0.0512. The van der Waals surface area contributed by atoms with Gasteiger partial charge in [0.05, 0.1) is 12.3 Å². The molecule has 3 nitrogen and oxygen atoms in total. The van der Waals surface area contributed by atoms with Gasteiger partial charge >= 0.3 is 0 Å². The number of ether oxygens (including phenoxy) is 1. The zero-order valence-corrected chi connectivity index (χ0v) is 10.9. The molecule has 0 unspecified atom stereocenters. The smallest absolute Gasteiger partial charge is 0.213 e. The van der Waals surface area contributed by atoms with E-state index in [4.69, 9.17) is 4.74 Å². The molecule has 0 bridgehead atoms. The van der Waals surface area contributed by atoms with Crippen molar-refractivity contribution in [1.29, 1.82) is 0 Å². The molecule has 16 heavy (non-hydrogen) atoms.